The highest BCUT2D eigenvalue weighted by Crippen LogP contribution is 2.05. The van der Waals surface area contributed by atoms with Gasteiger partial charge in [0, 0.05) is 12.6 Å². The highest BCUT2D eigenvalue weighted by Gasteiger charge is 1.98. The second-order valence-electron chi connectivity index (χ2n) is 2.37. The summed E-state index contributed by atoms with van der Waals surface area (Å²) in [4.78, 5) is 14.7. The number of aromatic nitrogens is 1. The van der Waals surface area contributed by atoms with Crippen molar-refractivity contribution >= 4 is 5.78 Å². The van der Waals surface area contributed by atoms with Crippen LogP contribution in [0.15, 0.2) is 24.5 Å². The highest BCUT2D eigenvalue weighted by molar-refractivity contribution is 5.79. The molecule has 0 fully saturated rings. The zero-order valence-corrected chi connectivity index (χ0v) is 6.99. The Bertz CT molecular complexity index is 246. The van der Waals surface area contributed by atoms with Gasteiger partial charge in [-0.2, -0.15) is 0 Å². The van der Waals surface area contributed by atoms with Crippen LogP contribution >= 0.6 is 0 Å². The van der Waals surface area contributed by atoms with Crippen molar-refractivity contribution in [3.63, 3.8) is 0 Å². The van der Waals surface area contributed by atoms with Gasteiger partial charge in [0.05, 0.1) is 6.20 Å². The Hall–Kier alpha value is -1.38. The number of nitrogens with zero attached hydrogens (tertiary/aromatic N) is 1. The monoisotopic (exact) mass is 165 g/mol. The lowest BCUT2D eigenvalue weighted by Gasteiger charge is -2.02. The normalized spacial score (nSPS) is 9.42. The molecule has 12 heavy (non-hydrogen) atoms. The van der Waals surface area contributed by atoms with Crippen LogP contribution in [0.2, 0.25) is 0 Å². The summed E-state index contributed by atoms with van der Waals surface area (Å²) >= 11 is 0. The van der Waals surface area contributed by atoms with E-state index in [4.69, 9.17) is 4.74 Å². The molecule has 0 unspecified atom stereocenters. The molecule has 0 radical (unpaired) electrons. The number of ether oxygens (including phenoxy) is 1. The van der Waals surface area contributed by atoms with E-state index in [2.05, 4.69) is 4.98 Å². The molecule has 0 atom stereocenters. The third-order valence-corrected chi connectivity index (χ3v) is 1.43. The molecule has 0 aliphatic carbocycles. The molecule has 0 bridgehead atoms. The number of carbonyl (C=O) groups excluding carboxylic acids is 1. The minimum atomic E-state index is 0.0962. The average molecular weight is 165 g/mol. The fourth-order valence-corrected chi connectivity index (χ4v) is 0.698. The maximum atomic E-state index is 10.8. The van der Waals surface area contributed by atoms with Gasteiger partial charge in [0.15, 0.2) is 5.78 Å². The molecule has 0 aliphatic heterocycles. The van der Waals surface area contributed by atoms with Crippen molar-refractivity contribution in [2.24, 2.45) is 0 Å². The summed E-state index contributed by atoms with van der Waals surface area (Å²) in [6.07, 6.45) is 3.76. The summed E-state index contributed by atoms with van der Waals surface area (Å²) in [7, 11) is 0. The fourth-order valence-electron chi connectivity index (χ4n) is 0.698. The van der Waals surface area contributed by atoms with Crippen molar-refractivity contribution < 1.29 is 9.53 Å². The number of rotatable bonds is 4. The van der Waals surface area contributed by atoms with E-state index < -0.39 is 0 Å². The van der Waals surface area contributed by atoms with Gasteiger partial charge in [-0.25, -0.2) is 0 Å². The van der Waals surface area contributed by atoms with E-state index >= 15 is 0 Å². The van der Waals surface area contributed by atoms with Crippen molar-refractivity contribution in [1.29, 1.82) is 0 Å². The van der Waals surface area contributed by atoms with Crippen LogP contribution in [0.5, 0.6) is 5.75 Å². The number of pyridine rings is 1. The standard InChI is InChI=1S/C9H11NO2/c1-2-8(11)7-12-9-4-3-5-10-6-9/h3-6H,2,7H2,1H3. The van der Waals surface area contributed by atoms with Crippen LogP contribution in [0.1, 0.15) is 13.3 Å². The Labute approximate surface area is 71.4 Å². The molecule has 1 aromatic rings. The first-order valence-electron chi connectivity index (χ1n) is 3.87. The molecule has 1 rings (SSSR count). The Morgan fingerprint density at radius 1 is 1.67 bits per heavy atom. The number of Topliss-reactive ketones (excluding diaryl/α,β-unsaturated/α-hetero) is 1. The van der Waals surface area contributed by atoms with Crippen molar-refractivity contribution in [3.05, 3.63) is 24.5 Å². The average Bonchev–Trinajstić information content (AvgIpc) is 2.16. The van der Waals surface area contributed by atoms with Gasteiger partial charge >= 0.3 is 0 Å². The third kappa shape index (κ3) is 2.70. The maximum Gasteiger partial charge on any atom is 0.169 e. The van der Waals surface area contributed by atoms with Gasteiger partial charge in [0.25, 0.3) is 0 Å². The second kappa shape index (κ2) is 4.49. The molecule has 0 saturated heterocycles. The van der Waals surface area contributed by atoms with Gasteiger partial charge in [-0.1, -0.05) is 6.92 Å². The molecule has 0 N–H and O–H groups in total. The van der Waals surface area contributed by atoms with E-state index in [9.17, 15) is 4.79 Å². The molecule has 3 nitrogen and oxygen atoms in total. The van der Waals surface area contributed by atoms with Crippen LogP contribution in [0, 0.1) is 0 Å². The van der Waals surface area contributed by atoms with E-state index in [1.807, 2.05) is 6.92 Å². The Balaban J connectivity index is 2.38. The molecule has 1 aromatic heterocycles. The second-order valence-corrected chi connectivity index (χ2v) is 2.37. The maximum absolute atomic E-state index is 10.8. The SMILES string of the molecule is CCC(=O)COc1cccnc1. The minimum absolute atomic E-state index is 0.0962. The predicted molar refractivity (Wildman–Crippen MR) is 45.0 cm³/mol. The number of carbonyl (C=O) groups is 1. The van der Waals surface area contributed by atoms with Crippen LogP contribution in [0.4, 0.5) is 0 Å². The van der Waals surface area contributed by atoms with E-state index in [1.54, 1.807) is 24.5 Å². The summed E-state index contributed by atoms with van der Waals surface area (Å²) < 4.78 is 5.15. The zero-order valence-electron chi connectivity index (χ0n) is 6.99. The molecule has 0 aromatic carbocycles. The van der Waals surface area contributed by atoms with E-state index in [0.29, 0.717) is 12.2 Å². The lowest BCUT2D eigenvalue weighted by Crippen LogP contribution is -2.09. The van der Waals surface area contributed by atoms with Crippen LogP contribution in [0.25, 0.3) is 0 Å². The summed E-state index contributed by atoms with van der Waals surface area (Å²) in [6, 6.07) is 3.54. The number of ketones is 1. The van der Waals surface area contributed by atoms with E-state index in [1.165, 1.54) is 0 Å². The van der Waals surface area contributed by atoms with Gasteiger partial charge in [0.2, 0.25) is 0 Å². The summed E-state index contributed by atoms with van der Waals surface area (Å²) in [5, 5.41) is 0. The first-order valence-corrected chi connectivity index (χ1v) is 3.87. The van der Waals surface area contributed by atoms with Gasteiger partial charge in [-0.3, -0.25) is 9.78 Å². The summed E-state index contributed by atoms with van der Waals surface area (Å²) in [6.45, 7) is 1.96. The summed E-state index contributed by atoms with van der Waals surface area (Å²) in [5.74, 6) is 0.734. The zero-order chi connectivity index (χ0) is 8.81. The highest BCUT2D eigenvalue weighted by atomic mass is 16.5. The molecule has 0 saturated carbocycles. The molecule has 1 heterocycles. The van der Waals surface area contributed by atoms with Crippen LogP contribution in [-0.2, 0) is 4.79 Å². The topological polar surface area (TPSA) is 39.2 Å². The lowest BCUT2D eigenvalue weighted by atomic mass is 10.3. The summed E-state index contributed by atoms with van der Waals surface area (Å²) in [5.41, 5.74) is 0. The molecule has 0 spiro atoms. The molecule has 3 heteroatoms. The Morgan fingerprint density at radius 2 is 2.50 bits per heavy atom. The fraction of sp³-hybridized carbons (Fsp3) is 0.333. The van der Waals surface area contributed by atoms with Crippen molar-refractivity contribution in [1.82, 2.24) is 4.98 Å². The smallest absolute Gasteiger partial charge is 0.169 e. The van der Waals surface area contributed by atoms with Gasteiger partial charge in [0.1, 0.15) is 12.4 Å². The molecular weight excluding hydrogens is 154 g/mol. The molecule has 64 valence electrons. The first-order chi connectivity index (χ1) is 5.83. The van der Waals surface area contributed by atoms with E-state index in [-0.39, 0.29) is 12.4 Å². The quantitative estimate of drug-likeness (QED) is 0.677. The van der Waals surface area contributed by atoms with Gasteiger partial charge in [-0.15, -0.1) is 0 Å². The Kier molecular flexibility index (Phi) is 3.26. The number of hydrogen-bond donors (Lipinski definition) is 0. The van der Waals surface area contributed by atoms with Crippen LogP contribution in [-0.4, -0.2) is 17.4 Å². The largest absolute Gasteiger partial charge is 0.484 e. The lowest BCUT2D eigenvalue weighted by molar-refractivity contribution is -0.120. The predicted octanol–water partition coefficient (Wildman–Crippen LogP) is 1.44. The van der Waals surface area contributed by atoms with Gasteiger partial charge < -0.3 is 4.74 Å². The van der Waals surface area contributed by atoms with E-state index in [0.717, 1.165) is 0 Å². The Morgan fingerprint density at radius 3 is 3.08 bits per heavy atom. The molecular formula is C9H11NO2. The minimum Gasteiger partial charge on any atom is -0.484 e. The van der Waals surface area contributed by atoms with Crippen LogP contribution < -0.4 is 4.74 Å². The van der Waals surface area contributed by atoms with Crippen LogP contribution in [0.3, 0.4) is 0 Å². The third-order valence-electron chi connectivity index (χ3n) is 1.43. The van der Waals surface area contributed by atoms with Crippen molar-refractivity contribution in [2.45, 2.75) is 13.3 Å². The van der Waals surface area contributed by atoms with Gasteiger partial charge in [-0.05, 0) is 12.1 Å². The molecule has 0 amide bonds. The van der Waals surface area contributed by atoms with Crippen molar-refractivity contribution in [2.75, 3.05) is 6.61 Å². The van der Waals surface area contributed by atoms with Crippen molar-refractivity contribution in [3.8, 4) is 5.75 Å². The first kappa shape index (κ1) is 8.71. The number of hydrogen-bond acceptors (Lipinski definition) is 3. The molecule has 0 aliphatic rings.